The molecule has 0 spiro atoms. The fourth-order valence-electron chi connectivity index (χ4n) is 0.453. The molecule has 0 nitrogen and oxygen atoms in total. The molecule has 1 unspecified atom stereocenters. The molecule has 0 N–H and O–H groups in total. The Morgan fingerprint density at radius 1 is 0.900 bits per heavy atom. The number of halogens is 2. The molecule has 0 aliphatic carbocycles. The van der Waals surface area contributed by atoms with Gasteiger partial charge in [-0.25, -0.2) is 0 Å². The zero-order valence-corrected chi connectivity index (χ0v) is 8.84. The van der Waals surface area contributed by atoms with E-state index in [0.29, 0.717) is 0 Å². The summed E-state index contributed by atoms with van der Waals surface area (Å²) in [5.74, 6) is 0. The minimum Gasteiger partial charge on any atom is -1.00 e. The molecule has 1 rings (SSSR count). The molecule has 0 heterocycles. The molecule has 0 aliphatic rings. The van der Waals surface area contributed by atoms with Gasteiger partial charge in [-0.2, -0.15) is 0 Å². The summed E-state index contributed by atoms with van der Waals surface area (Å²) in [4.78, 5) is 0. The van der Waals surface area contributed by atoms with Crippen LogP contribution in [0.5, 0.6) is 0 Å². The van der Waals surface area contributed by atoms with Crippen LogP contribution in [0.1, 0.15) is 0 Å². The predicted octanol–water partition coefficient (Wildman–Crippen LogP) is -4.81. The van der Waals surface area contributed by atoms with Crippen molar-refractivity contribution in [1.82, 2.24) is 0 Å². The molecule has 0 amide bonds. The summed E-state index contributed by atoms with van der Waals surface area (Å²) in [6.45, 7) is 0. The Kier molecular flexibility index (Phi) is 16.6. The van der Waals surface area contributed by atoms with E-state index in [-0.39, 0.29) is 41.9 Å². The van der Waals surface area contributed by atoms with Crippen LogP contribution in [-0.4, -0.2) is 0 Å². The molecule has 1 atom stereocenters. The summed E-state index contributed by atoms with van der Waals surface area (Å²) < 4.78 is 0. The molecule has 0 aliphatic heterocycles. The van der Waals surface area contributed by atoms with Gasteiger partial charge in [-0.15, -0.1) is 9.24 Å². The minimum absolute atomic E-state index is 0. The first-order chi connectivity index (χ1) is 3.39. The molecule has 58 valence electrons. The van der Waals surface area contributed by atoms with Gasteiger partial charge in [0.1, 0.15) is 0 Å². The Labute approximate surface area is 86.7 Å². The SMILES string of the molecule is Pc1ccccc1.[Cl-].[Cl-].[Fe+2]. The first-order valence-corrected chi connectivity index (χ1v) is 2.78. The van der Waals surface area contributed by atoms with Gasteiger partial charge in [-0.05, 0) is 5.30 Å². The molecule has 0 radical (unpaired) electrons. The normalized spacial score (nSPS) is 6.10. The summed E-state index contributed by atoms with van der Waals surface area (Å²) in [5.41, 5.74) is 0. The second-order valence-electron chi connectivity index (χ2n) is 1.41. The van der Waals surface area contributed by atoms with Crippen molar-refractivity contribution in [2.45, 2.75) is 0 Å². The summed E-state index contributed by atoms with van der Waals surface area (Å²) in [6.07, 6.45) is 0. The Balaban J connectivity index is -0.000000163. The maximum atomic E-state index is 2.63. The van der Waals surface area contributed by atoms with E-state index >= 15 is 0 Å². The third-order valence-corrected chi connectivity index (χ3v) is 1.18. The van der Waals surface area contributed by atoms with Crippen LogP contribution in [0, 0.1) is 0 Å². The predicted molar refractivity (Wildman–Crippen MR) is 35.8 cm³/mol. The number of benzene rings is 1. The molecular formula is C6H7Cl2FeP. The van der Waals surface area contributed by atoms with E-state index in [2.05, 4.69) is 9.24 Å². The largest absolute Gasteiger partial charge is 2.00 e. The third-order valence-electron chi connectivity index (χ3n) is 0.800. The second kappa shape index (κ2) is 9.75. The van der Waals surface area contributed by atoms with E-state index in [0.717, 1.165) is 0 Å². The van der Waals surface area contributed by atoms with Crippen molar-refractivity contribution in [3.63, 3.8) is 0 Å². The fraction of sp³-hybridized carbons (Fsp3) is 0. The molecule has 0 fully saturated rings. The van der Waals surface area contributed by atoms with Crippen molar-refractivity contribution in [3.05, 3.63) is 30.3 Å². The molecule has 1 aromatic rings. The van der Waals surface area contributed by atoms with E-state index in [9.17, 15) is 0 Å². The van der Waals surface area contributed by atoms with Gasteiger partial charge in [0.05, 0.1) is 0 Å². The van der Waals surface area contributed by atoms with Gasteiger partial charge in [-0.3, -0.25) is 0 Å². The second-order valence-corrected chi connectivity index (χ2v) is 2.08. The van der Waals surface area contributed by atoms with Gasteiger partial charge in [0.2, 0.25) is 0 Å². The molecule has 0 aromatic heterocycles. The molecule has 0 saturated carbocycles. The van der Waals surface area contributed by atoms with Gasteiger partial charge < -0.3 is 24.8 Å². The van der Waals surface area contributed by atoms with Crippen LogP contribution in [-0.2, 0) is 17.1 Å². The summed E-state index contributed by atoms with van der Waals surface area (Å²) in [6, 6.07) is 10.1. The van der Waals surface area contributed by atoms with Crippen molar-refractivity contribution in [2.24, 2.45) is 0 Å². The Morgan fingerprint density at radius 2 is 1.30 bits per heavy atom. The summed E-state index contributed by atoms with van der Waals surface area (Å²) in [7, 11) is 2.63. The number of hydrogen-bond acceptors (Lipinski definition) is 0. The Morgan fingerprint density at radius 3 is 1.50 bits per heavy atom. The first-order valence-electron chi connectivity index (χ1n) is 2.20. The van der Waals surface area contributed by atoms with Crippen LogP contribution in [0.25, 0.3) is 0 Å². The molecule has 10 heavy (non-hydrogen) atoms. The van der Waals surface area contributed by atoms with Crippen LogP contribution in [0.3, 0.4) is 0 Å². The van der Waals surface area contributed by atoms with Crippen LogP contribution < -0.4 is 30.1 Å². The van der Waals surface area contributed by atoms with Gasteiger partial charge in [-0.1, -0.05) is 30.3 Å². The molecule has 4 heteroatoms. The average molecular weight is 237 g/mol. The van der Waals surface area contributed by atoms with E-state index < -0.39 is 0 Å². The maximum Gasteiger partial charge on any atom is 2.00 e. The standard InChI is InChI=1S/C6H7P.2ClH.Fe/c7-6-4-2-1-3-5-6;;;/h1-5H,7H2;2*1H;/q;;;+2/p-2. The zero-order chi connectivity index (χ0) is 5.11. The monoisotopic (exact) mass is 236 g/mol. The van der Waals surface area contributed by atoms with E-state index in [4.69, 9.17) is 0 Å². The Bertz CT molecular complexity index is 146. The average Bonchev–Trinajstić information content (AvgIpc) is 1.69. The van der Waals surface area contributed by atoms with Crippen molar-refractivity contribution < 1.29 is 41.9 Å². The number of rotatable bonds is 0. The molecule has 0 saturated heterocycles. The summed E-state index contributed by atoms with van der Waals surface area (Å²) >= 11 is 0. The van der Waals surface area contributed by atoms with E-state index in [1.165, 1.54) is 5.30 Å². The van der Waals surface area contributed by atoms with Gasteiger partial charge in [0.25, 0.3) is 0 Å². The minimum atomic E-state index is 0. The molecule has 1 aromatic carbocycles. The topological polar surface area (TPSA) is 0 Å². The van der Waals surface area contributed by atoms with Crippen LogP contribution in [0.2, 0.25) is 0 Å². The Hall–Kier alpha value is 0.749. The van der Waals surface area contributed by atoms with Crippen molar-refractivity contribution in [3.8, 4) is 0 Å². The molecular weight excluding hydrogens is 230 g/mol. The first kappa shape index (κ1) is 17.0. The van der Waals surface area contributed by atoms with E-state index in [1.807, 2.05) is 30.3 Å². The van der Waals surface area contributed by atoms with Gasteiger partial charge in [0.15, 0.2) is 0 Å². The van der Waals surface area contributed by atoms with Gasteiger partial charge in [0, 0.05) is 0 Å². The maximum absolute atomic E-state index is 2.63. The summed E-state index contributed by atoms with van der Waals surface area (Å²) in [5, 5.41) is 1.24. The molecule has 0 bridgehead atoms. The third kappa shape index (κ3) is 6.86. The van der Waals surface area contributed by atoms with Crippen molar-refractivity contribution in [1.29, 1.82) is 0 Å². The van der Waals surface area contributed by atoms with Crippen LogP contribution in [0.15, 0.2) is 30.3 Å². The van der Waals surface area contributed by atoms with Crippen molar-refractivity contribution >= 4 is 14.5 Å². The van der Waals surface area contributed by atoms with Crippen molar-refractivity contribution in [2.75, 3.05) is 0 Å². The number of hydrogen-bond donors (Lipinski definition) is 0. The van der Waals surface area contributed by atoms with Gasteiger partial charge >= 0.3 is 17.1 Å². The fourth-order valence-corrected chi connectivity index (χ4v) is 0.675. The van der Waals surface area contributed by atoms with Crippen LogP contribution in [0.4, 0.5) is 0 Å². The van der Waals surface area contributed by atoms with Crippen LogP contribution >= 0.6 is 9.24 Å². The zero-order valence-electron chi connectivity index (χ0n) is 5.07. The quantitative estimate of drug-likeness (QED) is 0.314. The smallest absolute Gasteiger partial charge is 1.00 e. The van der Waals surface area contributed by atoms with E-state index in [1.54, 1.807) is 0 Å².